The van der Waals surface area contributed by atoms with E-state index < -0.39 is 11.7 Å². The SMILES string of the molecule is Cc1cc(C#CCNc2ccc(C(=N)NC(=O)OC(C)(C)C)cc2)ccc1C(=O)N1CCCC1C. The summed E-state index contributed by atoms with van der Waals surface area (Å²) in [6.45, 7) is 10.6. The van der Waals surface area contributed by atoms with Crippen LogP contribution in [0.5, 0.6) is 0 Å². The van der Waals surface area contributed by atoms with Crippen LogP contribution < -0.4 is 10.6 Å². The van der Waals surface area contributed by atoms with E-state index in [1.165, 1.54) is 0 Å². The molecule has 3 rings (SSSR count). The molecule has 0 spiro atoms. The maximum absolute atomic E-state index is 12.8. The quantitative estimate of drug-likeness (QED) is 0.333. The summed E-state index contributed by atoms with van der Waals surface area (Å²) in [6, 6.07) is 13.2. The molecular formula is C28H34N4O3. The fraction of sp³-hybridized carbons (Fsp3) is 0.393. The van der Waals surface area contributed by atoms with Gasteiger partial charge in [0, 0.05) is 35.0 Å². The molecule has 1 heterocycles. The standard InChI is InChI=1S/C28H34N4O3/c1-19-18-21(10-15-24(19)26(33)32-17-7-8-20(32)2)9-6-16-30-23-13-11-22(12-14-23)25(29)31-27(34)35-28(3,4)5/h10-15,18,20,30H,7-8,16-17H2,1-5H3,(H2,29,31,34). The number of amidine groups is 1. The molecule has 1 saturated heterocycles. The molecule has 2 amide bonds. The average molecular weight is 475 g/mol. The Morgan fingerprint density at radius 1 is 1.17 bits per heavy atom. The second-order valence-corrected chi connectivity index (χ2v) is 9.75. The third kappa shape index (κ3) is 7.35. The number of amides is 2. The van der Waals surface area contributed by atoms with Crippen molar-refractivity contribution in [2.75, 3.05) is 18.4 Å². The lowest BCUT2D eigenvalue weighted by atomic mass is 10.0. The number of anilines is 1. The third-order valence-corrected chi connectivity index (χ3v) is 5.68. The smallest absolute Gasteiger partial charge is 0.413 e. The first-order chi connectivity index (χ1) is 16.5. The summed E-state index contributed by atoms with van der Waals surface area (Å²) in [5.74, 6) is 6.32. The van der Waals surface area contributed by atoms with Crippen LogP contribution >= 0.6 is 0 Å². The van der Waals surface area contributed by atoms with E-state index in [4.69, 9.17) is 10.1 Å². The number of nitrogens with zero attached hydrogens (tertiary/aromatic N) is 1. The van der Waals surface area contributed by atoms with Gasteiger partial charge in [-0.3, -0.25) is 15.5 Å². The van der Waals surface area contributed by atoms with E-state index in [0.717, 1.165) is 41.8 Å². The highest BCUT2D eigenvalue weighted by Gasteiger charge is 2.26. The Kier molecular flexibility index (Phi) is 8.18. The van der Waals surface area contributed by atoms with Gasteiger partial charge in [-0.05, 0) is 95.5 Å². The molecule has 35 heavy (non-hydrogen) atoms. The van der Waals surface area contributed by atoms with E-state index in [1.54, 1.807) is 32.9 Å². The molecule has 1 atom stereocenters. The minimum Gasteiger partial charge on any atom is -0.444 e. The molecule has 2 aromatic carbocycles. The Morgan fingerprint density at radius 2 is 1.89 bits per heavy atom. The maximum Gasteiger partial charge on any atom is 0.413 e. The summed E-state index contributed by atoms with van der Waals surface area (Å²) < 4.78 is 5.17. The zero-order valence-corrected chi connectivity index (χ0v) is 21.1. The van der Waals surface area contributed by atoms with Gasteiger partial charge in [0.25, 0.3) is 5.91 Å². The van der Waals surface area contributed by atoms with Crippen LogP contribution in [0.15, 0.2) is 42.5 Å². The van der Waals surface area contributed by atoms with Crippen molar-refractivity contribution < 1.29 is 14.3 Å². The number of alkyl carbamates (subject to hydrolysis) is 1. The molecule has 7 nitrogen and oxygen atoms in total. The summed E-state index contributed by atoms with van der Waals surface area (Å²) >= 11 is 0. The maximum atomic E-state index is 12.8. The zero-order chi connectivity index (χ0) is 25.6. The van der Waals surface area contributed by atoms with Crippen molar-refractivity contribution in [1.29, 1.82) is 5.41 Å². The first-order valence-electron chi connectivity index (χ1n) is 11.9. The molecule has 3 N–H and O–H groups in total. The van der Waals surface area contributed by atoms with Crippen LogP contribution in [0.4, 0.5) is 10.5 Å². The first-order valence-corrected chi connectivity index (χ1v) is 11.9. The van der Waals surface area contributed by atoms with E-state index in [9.17, 15) is 9.59 Å². The minimum absolute atomic E-state index is 0.0259. The Labute approximate surface area is 207 Å². The van der Waals surface area contributed by atoms with E-state index in [1.807, 2.05) is 42.2 Å². The Hall–Kier alpha value is -3.79. The van der Waals surface area contributed by atoms with Crippen molar-refractivity contribution in [2.24, 2.45) is 0 Å². The topological polar surface area (TPSA) is 94.5 Å². The molecule has 0 aliphatic carbocycles. The van der Waals surface area contributed by atoms with Crippen molar-refractivity contribution in [3.05, 3.63) is 64.7 Å². The molecule has 0 aromatic heterocycles. The molecule has 0 bridgehead atoms. The highest BCUT2D eigenvalue weighted by molar-refractivity contribution is 6.04. The van der Waals surface area contributed by atoms with Gasteiger partial charge in [0.05, 0.1) is 6.54 Å². The molecule has 0 saturated carbocycles. The molecule has 1 aliphatic rings. The van der Waals surface area contributed by atoms with E-state index in [2.05, 4.69) is 29.4 Å². The van der Waals surface area contributed by atoms with Crippen molar-refractivity contribution >= 4 is 23.5 Å². The number of aryl methyl sites for hydroxylation is 1. The Balaban J connectivity index is 1.52. The van der Waals surface area contributed by atoms with Gasteiger partial charge in [-0.25, -0.2) is 4.79 Å². The lowest BCUT2D eigenvalue weighted by molar-refractivity contribution is 0.0562. The van der Waals surface area contributed by atoms with Gasteiger partial charge in [0.15, 0.2) is 0 Å². The lowest BCUT2D eigenvalue weighted by Gasteiger charge is -2.22. The molecule has 1 fully saturated rings. The summed E-state index contributed by atoms with van der Waals surface area (Å²) in [5.41, 5.74) is 3.35. The number of hydrogen-bond acceptors (Lipinski definition) is 5. The van der Waals surface area contributed by atoms with Crippen molar-refractivity contribution in [1.82, 2.24) is 10.2 Å². The largest absolute Gasteiger partial charge is 0.444 e. The average Bonchev–Trinajstić information content (AvgIpc) is 3.21. The fourth-order valence-corrected chi connectivity index (χ4v) is 3.90. The van der Waals surface area contributed by atoms with E-state index >= 15 is 0 Å². The normalized spacial score (nSPS) is 15.1. The zero-order valence-electron chi connectivity index (χ0n) is 21.1. The first kappa shape index (κ1) is 25.8. The molecule has 184 valence electrons. The second kappa shape index (κ2) is 11.1. The lowest BCUT2D eigenvalue weighted by Crippen LogP contribution is -2.36. The summed E-state index contributed by atoms with van der Waals surface area (Å²) in [7, 11) is 0. The number of carbonyl (C=O) groups is 2. The van der Waals surface area contributed by atoms with Crippen LogP contribution in [0.2, 0.25) is 0 Å². The summed E-state index contributed by atoms with van der Waals surface area (Å²) in [5, 5.41) is 13.7. The van der Waals surface area contributed by atoms with Crippen molar-refractivity contribution in [3.63, 3.8) is 0 Å². The predicted molar refractivity (Wildman–Crippen MR) is 139 cm³/mol. The number of hydrogen-bond donors (Lipinski definition) is 3. The van der Waals surface area contributed by atoms with Gasteiger partial charge in [-0.1, -0.05) is 11.8 Å². The van der Waals surface area contributed by atoms with Gasteiger partial charge >= 0.3 is 6.09 Å². The monoisotopic (exact) mass is 474 g/mol. The highest BCUT2D eigenvalue weighted by atomic mass is 16.6. The Bertz CT molecular complexity index is 1150. The Morgan fingerprint density at radius 3 is 2.49 bits per heavy atom. The second-order valence-electron chi connectivity index (χ2n) is 9.75. The van der Waals surface area contributed by atoms with Gasteiger partial charge in [0.2, 0.25) is 0 Å². The number of likely N-dealkylation sites (tertiary alicyclic amines) is 1. The van der Waals surface area contributed by atoms with Crippen LogP contribution in [0.25, 0.3) is 0 Å². The molecule has 1 aliphatic heterocycles. The van der Waals surface area contributed by atoms with Crippen molar-refractivity contribution in [3.8, 4) is 11.8 Å². The summed E-state index contributed by atoms with van der Waals surface area (Å²) in [4.78, 5) is 26.6. The highest BCUT2D eigenvalue weighted by Crippen LogP contribution is 2.21. The van der Waals surface area contributed by atoms with Gasteiger partial charge in [-0.2, -0.15) is 0 Å². The molecule has 1 unspecified atom stereocenters. The van der Waals surface area contributed by atoms with E-state index in [0.29, 0.717) is 18.2 Å². The molecular weight excluding hydrogens is 440 g/mol. The number of carbonyl (C=O) groups excluding carboxylic acids is 2. The van der Waals surface area contributed by atoms with Gasteiger partial charge in [0.1, 0.15) is 11.4 Å². The van der Waals surface area contributed by atoms with Crippen LogP contribution in [-0.2, 0) is 4.74 Å². The number of rotatable bonds is 4. The van der Waals surface area contributed by atoms with Crippen LogP contribution in [0, 0.1) is 24.2 Å². The minimum atomic E-state index is -0.654. The van der Waals surface area contributed by atoms with E-state index in [-0.39, 0.29) is 11.7 Å². The third-order valence-electron chi connectivity index (χ3n) is 5.68. The number of ether oxygens (including phenoxy) is 1. The van der Waals surface area contributed by atoms with Gasteiger partial charge in [-0.15, -0.1) is 0 Å². The van der Waals surface area contributed by atoms with Crippen molar-refractivity contribution in [2.45, 2.75) is 59.1 Å². The molecule has 7 heteroatoms. The molecule has 2 aromatic rings. The number of nitrogens with one attached hydrogen (secondary N) is 3. The number of benzene rings is 2. The summed E-state index contributed by atoms with van der Waals surface area (Å²) in [6.07, 6.45) is 1.48. The van der Waals surface area contributed by atoms with Crippen LogP contribution in [0.1, 0.15) is 67.6 Å². The van der Waals surface area contributed by atoms with Crippen LogP contribution in [-0.4, -0.2) is 47.5 Å². The predicted octanol–water partition coefficient (Wildman–Crippen LogP) is 4.93. The fourth-order valence-electron chi connectivity index (χ4n) is 3.90. The van der Waals surface area contributed by atoms with Gasteiger partial charge < -0.3 is 15.0 Å². The van der Waals surface area contributed by atoms with Crippen LogP contribution in [0.3, 0.4) is 0 Å². The molecule has 0 radical (unpaired) electrons.